The van der Waals surface area contributed by atoms with Crippen LogP contribution >= 0.6 is 0 Å². The number of aromatic nitrogens is 2. The molecule has 0 fully saturated rings. The van der Waals surface area contributed by atoms with Gasteiger partial charge in [0.15, 0.2) is 5.82 Å². The predicted molar refractivity (Wildman–Crippen MR) is 76.0 cm³/mol. The van der Waals surface area contributed by atoms with E-state index in [0.717, 1.165) is 37.3 Å². The Hall–Kier alpha value is -1.68. The second-order valence-corrected chi connectivity index (χ2v) is 4.35. The summed E-state index contributed by atoms with van der Waals surface area (Å²) in [7, 11) is 1.97. The van der Waals surface area contributed by atoms with Gasteiger partial charge < -0.3 is 10.2 Å². The lowest BCUT2D eigenvalue weighted by molar-refractivity contribution is 0.700. The fraction of sp³-hybridized carbons (Fsp3) is 0.429. The third-order valence-electron chi connectivity index (χ3n) is 2.98. The maximum atomic E-state index is 4.33. The van der Waals surface area contributed by atoms with Crippen LogP contribution in [0.4, 0.5) is 5.82 Å². The van der Waals surface area contributed by atoms with E-state index in [4.69, 9.17) is 0 Å². The Morgan fingerprint density at radius 3 is 2.83 bits per heavy atom. The van der Waals surface area contributed by atoms with Crippen molar-refractivity contribution in [2.24, 2.45) is 0 Å². The van der Waals surface area contributed by atoms with Crippen molar-refractivity contribution in [3.63, 3.8) is 0 Å². The molecule has 1 heterocycles. The summed E-state index contributed by atoms with van der Waals surface area (Å²) in [6.45, 7) is 5.09. The van der Waals surface area contributed by atoms with E-state index in [0.29, 0.717) is 0 Å². The second-order valence-electron chi connectivity index (χ2n) is 4.35. The van der Waals surface area contributed by atoms with Crippen LogP contribution in [0.15, 0.2) is 30.5 Å². The minimum absolute atomic E-state index is 0.949. The van der Waals surface area contributed by atoms with Gasteiger partial charge in [-0.3, -0.25) is 0 Å². The molecule has 0 unspecified atom stereocenters. The highest BCUT2D eigenvalue weighted by Gasteiger charge is 2.10. The summed E-state index contributed by atoms with van der Waals surface area (Å²) < 4.78 is 0. The molecule has 0 aliphatic heterocycles. The van der Waals surface area contributed by atoms with E-state index in [-0.39, 0.29) is 0 Å². The molecule has 2 aromatic rings. The molecule has 96 valence electrons. The van der Waals surface area contributed by atoms with E-state index in [1.54, 1.807) is 0 Å². The van der Waals surface area contributed by atoms with E-state index >= 15 is 0 Å². The highest BCUT2D eigenvalue weighted by atomic mass is 15.3. The first-order chi connectivity index (χ1) is 8.86. The van der Waals surface area contributed by atoms with Crippen molar-refractivity contribution in [1.82, 2.24) is 15.5 Å². The van der Waals surface area contributed by atoms with Gasteiger partial charge in [0.05, 0.1) is 6.20 Å². The summed E-state index contributed by atoms with van der Waals surface area (Å²) in [4.78, 5) is 2.30. The van der Waals surface area contributed by atoms with E-state index < -0.39 is 0 Å². The maximum absolute atomic E-state index is 4.33. The molecular weight excluding hydrogens is 224 g/mol. The Bertz CT molecular complexity index is 493. The first kappa shape index (κ1) is 12.8. The van der Waals surface area contributed by atoms with E-state index in [1.165, 1.54) is 5.39 Å². The summed E-state index contributed by atoms with van der Waals surface area (Å²) in [6, 6.07) is 8.28. The van der Waals surface area contributed by atoms with Crippen LogP contribution in [-0.4, -0.2) is 36.9 Å². The number of rotatable bonds is 6. The van der Waals surface area contributed by atoms with Crippen LogP contribution in [0, 0.1) is 0 Å². The number of nitrogens with one attached hydrogen (secondary N) is 1. The largest absolute Gasteiger partial charge is 0.353 e. The molecule has 0 amide bonds. The fourth-order valence-corrected chi connectivity index (χ4v) is 2.09. The zero-order valence-corrected chi connectivity index (χ0v) is 11.1. The van der Waals surface area contributed by atoms with Gasteiger partial charge in [0.1, 0.15) is 0 Å². The van der Waals surface area contributed by atoms with Crippen molar-refractivity contribution in [2.75, 3.05) is 31.6 Å². The van der Waals surface area contributed by atoms with Crippen molar-refractivity contribution in [3.05, 3.63) is 30.5 Å². The molecule has 0 bridgehead atoms. The number of benzene rings is 1. The lowest BCUT2D eigenvalue weighted by Gasteiger charge is -2.23. The van der Waals surface area contributed by atoms with Gasteiger partial charge in [0, 0.05) is 30.4 Å². The van der Waals surface area contributed by atoms with Gasteiger partial charge in [-0.2, -0.15) is 5.10 Å². The minimum Gasteiger partial charge on any atom is -0.353 e. The van der Waals surface area contributed by atoms with Crippen LogP contribution < -0.4 is 10.2 Å². The van der Waals surface area contributed by atoms with Crippen LogP contribution in [0.5, 0.6) is 0 Å². The predicted octanol–water partition coefficient (Wildman–Crippen LogP) is 2.07. The molecule has 4 heteroatoms. The molecule has 0 atom stereocenters. The maximum Gasteiger partial charge on any atom is 0.159 e. The van der Waals surface area contributed by atoms with Gasteiger partial charge in [-0.15, -0.1) is 5.10 Å². The topological polar surface area (TPSA) is 41.0 Å². The normalized spacial score (nSPS) is 10.8. The number of likely N-dealkylation sites (N-methyl/N-ethyl adjacent to an activating group) is 1. The van der Waals surface area contributed by atoms with E-state index in [1.807, 2.05) is 19.3 Å². The van der Waals surface area contributed by atoms with Gasteiger partial charge in [-0.05, 0) is 13.5 Å². The van der Waals surface area contributed by atoms with Gasteiger partial charge in [-0.25, -0.2) is 0 Å². The Morgan fingerprint density at radius 2 is 2.06 bits per heavy atom. The molecule has 1 aromatic carbocycles. The molecule has 0 saturated heterocycles. The van der Waals surface area contributed by atoms with Crippen LogP contribution in [0.2, 0.25) is 0 Å². The SMILES string of the molecule is CCCN(CCNC)c1nncc2ccccc12. The second kappa shape index (κ2) is 6.31. The fourth-order valence-electron chi connectivity index (χ4n) is 2.09. The van der Waals surface area contributed by atoms with Gasteiger partial charge in [0.25, 0.3) is 0 Å². The third kappa shape index (κ3) is 2.76. The average Bonchev–Trinajstić information content (AvgIpc) is 2.43. The third-order valence-corrected chi connectivity index (χ3v) is 2.98. The first-order valence-corrected chi connectivity index (χ1v) is 6.46. The van der Waals surface area contributed by atoms with Crippen molar-refractivity contribution < 1.29 is 0 Å². The average molecular weight is 244 g/mol. The molecule has 0 saturated carbocycles. The zero-order chi connectivity index (χ0) is 12.8. The number of fused-ring (bicyclic) bond motifs is 1. The summed E-state index contributed by atoms with van der Waals surface area (Å²) in [5, 5.41) is 13.9. The molecule has 0 spiro atoms. The monoisotopic (exact) mass is 244 g/mol. The van der Waals surface area contributed by atoms with Crippen LogP contribution in [0.1, 0.15) is 13.3 Å². The molecule has 1 aromatic heterocycles. The standard InChI is InChI=1S/C14H20N4/c1-3-9-18(10-8-15-2)14-13-7-5-4-6-12(13)11-16-17-14/h4-7,11,15H,3,8-10H2,1-2H3. The molecular formula is C14H20N4. The van der Waals surface area contributed by atoms with Crippen molar-refractivity contribution in [1.29, 1.82) is 0 Å². The Balaban J connectivity index is 2.36. The molecule has 0 radical (unpaired) electrons. The molecule has 0 aliphatic carbocycles. The lowest BCUT2D eigenvalue weighted by atomic mass is 10.2. The minimum atomic E-state index is 0.949. The number of hydrogen-bond donors (Lipinski definition) is 1. The number of anilines is 1. The van der Waals surface area contributed by atoms with Crippen molar-refractivity contribution >= 4 is 16.6 Å². The first-order valence-electron chi connectivity index (χ1n) is 6.46. The highest BCUT2D eigenvalue weighted by Crippen LogP contribution is 2.22. The zero-order valence-electron chi connectivity index (χ0n) is 11.1. The van der Waals surface area contributed by atoms with Gasteiger partial charge >= 0.3 is 0 Å². The summed E-state index contributed by atoms with van der Waals surface area (Å²) in [5.41, 5.74) is 0. The smallest absolute Gasteiger partial charge is 0.159 e. The van der Waals surface area contributed by atoms with Crippen LogP contribution in [-0.2, 0) is 0 Å². The van der Waals surface area contributed by atoms with Crippen molar-refractivity contribution in [3.8, 4) is 0 Å². The molecule has 2 rings (SSSR count). The van der Waals surface area contributed by atoms with E-state index in [9.17, 15) is 0 Å². The lowest BCUT2D eigenvalue weighted by Crippen LogP contribution is -2.32. The summed E-state index contributed by atoms with van der Waals surface area (Å²) in [6.07, 6.45) is 2.93. The van der Waals surface area contributed by atoms with Crippen LogP contribution in [0.3, 0.4) is 0 Å². The molecule has 18 heavy (non-hydrogen) atoms. The van der Waals surface area contributed by atoms with Gasteiger partial charge in [0.2, 0.25) is 0 Å². The number of hydrogen-bond acceptors (Lipinski definition) is 4. The van der Waals surface area contributed by atoms with Crippen LogP contribution in [0.25, 0.3) is 10.8 Å². The van der Waals surface area contributed by atoms with Gasteiger partial charge in [-0.1, -0.05) is 31.2 Å². The Morgan fingerprint density at radius 1 is 1.22 bits per heavy atom. The number of nitrogens with zero attached hydrogens (tertiary/aromatic N) is 3. The summed E-state index contributed by atoms with van der Waals surface area (Å²) in [5.74, 6) is 0.991. The molecule has 0 aliphatic rings. The summed E-state index contributed by atoms with van der Waals surface area (Å²) >= 11 is 0. The Kier molecular flexibility index (Phi) is 4.47. The van der Waals surface area contributed by atoms with E-state index in [2.05, 4.69) is 45.5 Å². The molecule has 1 N–H and O–H groups in total. The highest BCUT2D eigenvalue weighted by molar-refractivity contribution is 5.91. The Labute approximate surface area is 108 Å². The molecule has 4 nitrogen and oxygen atoms in total. The quantitative estimate of drug-likeness (QED) is 0.844. The van der Waals surface area contributed by atoms with Crippen molar-refractivity contribution in [2.45, 2.75) is 13.3 Å².